The SMILES string of the molecule is NC(=O)C(N)Cc1ccc([N+](=O)[O-])cc1. The van der Waals surface area contributed by atoms with Crippen molar-refractivity contribution in [1.29, 1.82) is 0 Å². The lowest BCUT2D eigenvalue weighted by molar-refractivity contribution is -0.384. The Morgan fingerprint density at radius 1 is 1.40 bits per heavy atom. The molecule has 0 aliphatic rings. The van der Waals surface area contributed by atoms with E-state index in [9.17, 15) is 14.9 Å². The summed E-state index contributed by atoms with van der Waals surface area (Å²) in [5.41, 5.74) is 11.2. The number of nitro groups is 1. The number of primary amides is 1. The van der Waals surface area contributed by atoms with Gasteiger partial charge >= 0.3 is 0 Å². The van der Waals surface area contributed by atoms with Gasteiger partial charge in [-0.2, -0.15) is 0 Å². The standard InChI is InChI=1S/C9H11N3O3/c10-8(9(11)13)5-6-1-3-7(4-2-6)12(14)15/h1-4,8H,5,10H2,(H2,11,13). The first-order valence-electron chi connectivity index (χ1n) is 4.29. The zero-order valence-corrected chi connectivity index (χ0v) is 7.92. The third kappa shape index (κ3) is 3.03. The first-order chi connectivity index (χ1) is 7.00. The Balaban J connectivity index is 2.72. The van der Waals surface area contributed by atoms with Crippen molar-refractivity contribution >= 4 is 11.6 Å². The lowest BCUT2D eigenvalue weighted by Gasteiger charge is -2.06. The van der Waals surface area contributed by atoms with Crippen LogP contribution in [-0.4, -0.2) is 16.9 Å². The normalized spacial score (nSPS) is 12.1. The highest BCUT2D eigenvalue weighted by atomic mass is 16.6. The van der Waals surface area contributed by atoms with E-state index in [4.69, 9.17) is 11.5 Å². The number of nitrogens with two attached hydrogens (primary N) is 2. The molecule has 1 amide bonds. The Bertz CT molecular complexity index is 375. The van der Waals surface area contributed by atoms with E-state index in [1.54, 1.807) is 12.1 Å². The molecule has 0 bridgehead atoms. The summed E-state index contributed by atoms with van der Waals surface area (Å²) in [7, 11) is 0. The molecule has 0 spiro atoms. The van der Waals surface area contributed by atoms with Crippen LogP contribution in [0.4, 0.5) is 5.69 Å². The molecular formula is C9H11N3O3. The maximum Gasteiger partial charge on any atom is 0.269 e. The van der Waals surface area contributed by atoms with Crippen LogP contribution in [0.3, 0.4) is 0 Å². The van der Waals surface area contributed by atoms with Gasteiger partial charge in [0.1, 0.15) is 0 Å². The molecule has 0 saturated carbocycles. The number of nitro benzene ring substituents is 1. The Morgan fingerprint density at radius 3 is 2.33 bits per heavy atom. The predicted molar refractivity (Wildman–Crippen MR) is 54.0 cm³/mol. The van der Waals surface area contributed by atoms with Gasteiger partial charge in [0.2, 0.25) is 5.91 Å². The Labute approximate surface area is 86.0 Å². The van der Waals surface area contributed by atoms with E-state index in [1.807, 2.05) is 0 Å². The molecule has 1 atom stereocenters. The van der Waals surface area contributed by atoms with Crippen molar-refractivity contribution in [2.24, 2.45) is 11.5 Å². The monoisotopic (exact) mass is 209 g/mol. The van der Waals surface area contributed by atoms with Crippen LogP contribution in [-0.2, 0) is 11.2 Å². The fraction of sp³-hybridized carbons (Fsp3) is 0.222. The second-order valence-electron chi connectivity index (χ2n) is 3.14. The fourth-order valence-corrected chi connectivity index (χ4v) is 1.11. The molecule has 6 heteroatoms. The third-order valence-electron chi connectivity index (χ3n) is 1.97. The Kier molecular flexibility index (Phi) is 3.35. The van der Waals surface area contributed by atoms with E-state index in [2.05, 4.69) is 0 Å². The van der Waals surface area contributed by atoms with Gasteiger partial charge in [-0.1, -0.05) is 12.1 Å². The Hall–Kier alpha value is -1.95. The molecule has 1 rings (SSSR count). The lowest BCUT2D eigenvalue weighted by atomic mass is 10.1. The van der Waals surface area contributed by atoms with Gasteiger partial charge in [-0.15, -0.1) is 0 Å². The van der Waals surface area contributed by atoms with Gasteiger partial charge in [-0.3, -0.25) is 14.9 Å². The van der Waals surface area contributed by atoms with E-state index in [0.29, 0.717) is 0 Å². The van der Waals surface area contributed by atoms with E-state index in [0.717, 1.165) is 5.56 Å². The maximum atomic E-state index is 10.7. The van der Waals surface area contributed by atoms with Crippen molar-refractivity contribution in [3.8, 4) is 0 Å². The van der Waals surface area contributed by atoms with Crippen molar-refractivity contribution in [1.82, 2.24) is 0 Å². The number of benzene rings is 1. The molecule has 80 valence electrons. The molecule has 0 heterocycles. The number of nitrogens with zero attached hydrogens (tertiary/aromatic N) is 1. The summed E-state index contributed by atoms with van der Waals surface area (Å²) < 4.78 is 0. The molecule has 1 aromatic carbocycles. The third-order valence-corrected chi connectivity index (χ3v) is 1.97. The molecule has 4 N–H and O–H groups in total. The second kappa shape index (κ2) is 4.52. The number of rotatable bonds is 4. The van der Waals surface area contributed by atoms with Crippen LogP contribution in [0.25, 0.3) is 0 Å². The number of amides is 1. The van der Waals surface area contributed by atoms with Gasteiger partial charge in [0.05, 0.1) is 11.0 Å². The van der Waals surface area contributed by atoms with Crippen molar-refractivity contribution in [2.45, 2.75) is 12.5 Å². The molecule has 15 heavy (non-hydrogen) atoms. The van der Waals surface area contributed by atoms with Crippen molar-refractivity contribution in [2.75, 3.05) is 0 Å². The minimum atomic E-state index is -0.758. The van der Waals surface area contributed by atoms with Crippen LogP contribution in [0.2, 0.25) is 0 Å². The van der Waals surface area contributed by atoms with E-state index >= 15 is 0 Å². The highest BCUT2D eigenvalue weighted by Gasteiger charge is 2.11. The summed E-state index contributed by atoms with van der Waals surface area (Å²) in [6.45, 7) is 0. The number of non-ortho nitro benzene ring substituents is 1. The van der Waals surface area contributed by atoms with Gasteiger partial charge in [0.25, 0.3) is 5.69 Å². The van der Waals surface area contributed by atoms with Gasteiger partial charge in [-0.05, 0) is 12.0 Å². The molecule has 6 nitrogen and oxygen atoms in total. The average molecular weight is 209 g/mol. The summed E-state index contributed by atoms with van der Waals surface area (Å²) in [6.07, 6.45) is 0.285. The summed E-state index contributed by atoms with van der Waals surface area (Å²) in [4.78, 5) is 20.5. The minimum Gasteiger partial charge on any atom is -0.368 e. The quantitative estimate of drug-likeness (QED) is 0.534. The number of hydrogen-bond acceptors (Lipinski definition) is 4. The van der Waals surface area contributed by atoms with Crippen LogP contribution in [0.1, 0.15) is 5.56 Å². The first kappa shape index (κ1) is 11.1. The molecule has 0 radical (unpaired) electrons. The van der Waals surface area contributed by atoms with Crippen molar-refractivity contribution in [3.05, 3.63) is 39.9 Å². The number of carbonyl (C=O) groups excluding carboxylic acids is 1. The summed E-state index contributed by atoms with van der Waals surface area (Å²) in [5, 5.41) is 10.3. The zero-order valence-electron chi connectivity index (χ0n) is 7.92. The molecule has 0 fully saturated rings. The molecular weight excluding hydrogens is 198 g/mol. The van der Waals surface area contributed by atoms with Crippen molar-refractivity contribution < 1.29 is 9.72 Å². The van der Waals surface area contributed by atoms with Crippen LogP contribution < -0.4 is 11.5 Å². The van der Waals surface area contributed by atoms with Crippen LogP contribution in [0.5, 0.6) is 0 Å². The summed E-state index contributed by atoms with van der Waals surface area (Å²) in [6, 6.07) is 5.08. The Morgan fingerprint density at radius 2 is 1.93 bits per heavy atom. The predicted octanol–water partition coefficient (Wildman–Crippen LogP) is -0.0501. The number of hydrogen-bond donors (Lipinski definition) is 2. The molecule has 0 aliphatic carbocycles. The van der Waals surface area contributed by atoms with Crippen LogP contribution in [0, 0.1) is 10.1 Å². The van der Waals surface area contributed by atoms with Crippen molar-refractivity contribution in [3.63, 3.8) is 0 Å². The summed E-state index contributed by atoms with van der Waals surface area (Å²) >= 11 is 0. The highest BCUT2D eigenvalue weighted by Crippen LogP contribution is 2.12. The largest absolute Gasteiger partial charge is 0.368 e. The molecule has 1 aromatic rings. The molecule has 0 saturated heterocycles. The summed E-state index contributed by atoms with van der Waals surface area (Å²) in [5.74, 6) is -0.589. The zero-order chi connectivity index (χ0) is 11.4. The fourth-order valence-electron chi connectivity index (χ4n) is 1.11. The highest BCUT2D eigenvalue weighted by molar-refractivity contribution is 5.79. The molecule has 1 unspecified atom stereocenters. The van der Waals surface area contributed by atoms with Crippen LogP contribution in [0.15, 0.2) is 24.3 Å². The van der Waals surface area contributed by atoms with E-state index in [1.165, 1.54) is 12.1 Å². The van der Waals surface area contributed by atoms with Gasteiger partial charge in [0.15, 0.2) is 0 Å². The number of carbonyl (C=O) groups is 1. The lowest BCUT2D eigenvalue weighted by Crippen LogP contribution is -2.38. The minimum absolute atomic E-state index is 0.00592. The van der Waals surface area contributed by atoms with Crippen LogP contribution >= 0.6 is 0 Å². The van der Waals surface area contributed by atoms with E-state index < -0.39 is 16.9 Å². The molecule has 0 aliphatic heterocycles. The van der Waals surface area contributed by atoms with Gasteiger partial charge in [-0.25, -0.2) is 0 Å². The second-order valence-corrected chi connectivity index (χ2v) is 3.14. The smallest absolute Gasteiger partial charge is 0.269 e. The maximum absolute atomic E-state index is 10.7. The van der Waals surface area contributed by atoms with E-state index in [-0.39, 0.29) is 12.1 Å². The molecule has 0 aromatic heterocycles. The average Bonchev–Trinajstić information content (AvgIpc) is 2.18. The van der Waals surface area contributed by atoms with Gasteiger partial charge in [0, 0.05) is 12.1 Å². The first-order valence-corrected chi connectivity index (χ1v) is 4.29. The van der Waals surface area contributed by atoms with Gasteiger partial charge < -0.3 is 11.5 Å². The topological polar surface area (TPSA) is 112 Å².